The quantitative estimate of drug-likeness (QED) is 0.751. The highest BCUT2D eigenvalue weighted by atomic mass is 19.1. The first-order valence-electron chi connectivity index (χ1n) is 6.54. The maximum Gasteiger partial charge on any atom is 0.340 e. The second-order valence-corrected chi connectivity index (χ2v) is 6.18. The molecule has 0 aromatic rings. The summed E-state index contributed by atoms with van der Waals surface area (Å²) in [6.45, 7) is 1.22. The Kier molecular flexibility index (Phi) is 2.47. The van der Waals surface area contributed by atoms with E-state index < -0.39 is 17.7 Å². The second-order valence-electron chi connectivity index (χ2n) is 6.18. The SMILES string of the molecule is CC(F)C(=O)OC12CC3CC(C1)C(O)C(C3)C2. The summed E-state index contributed by atoms with van der Waals surface area (Å²) in [7, 11) is 0. The zero-order chi connectivity index (χ0) is 12.2. The minimum Gasteiger partial charge on any atom is -0.457 e. The van der Waals surface area contributed by atoms with Crippen molar-refractivity contribution in [2.45, 2.75) is 56.9 Å². The molecule has 17 heavy (non-hydrogen) atoms. The van der Waals surface area contributed by atoms with E-state index in [0.717, 1.165) is 32.1 Å². The molecule has 0 radical (unpaired) electrons. The predicted molar refractivity (Wildman–Crippen MR) is 59.0 cm³/mol. The van der Waals surface area contributed by atoms with Crippen molar-refractivity contribution in [3.05, 3.63) is 0 Å². The number of ether oxygens (including phenoxy) is 1. The van der Waals surface area contributed by atoms with Crippen LogP contribution < -0.4 is 0 Å². The third kappa shape index (κ3) is 1.77. The van der Waals surface area contributed by atoms with E-state index in [-0.39, 0.29) is 17.9 Å². The second kappa shape index (κ2) is 3.67. The summed E-state index contributed by atoms with van der Waals surface area (Å²) >= 11 is 0. The molecule has 4 bridgehead atoms. The average molecular weight is 242 g/mol. The normalized spacial score (nSPS) is 49.1. The molecule has 0 aromatic heterocycles. The molecule has 4 aliphatic rings. The van der Waals surface area contributed by atoms with Gasteiger partial charge in [0.25, 0.3) is 0 Å². The summed E-state index contributed by atoms with van der Waals surface area (Å²) in [5.41, 5.74) is -0.465. The number of halogens is 1. The molecule has 3 atom stereocenters. The lowest BCUT2D eigenvalue weighted by atomic mass is 9.53. The molecule has 1 N–H and O–H groups in total. The van der Waals surface area contributed by atoms with Gasteiger partial charge in [0.1, 0.15) is 5.60 Å². The minimum atomic E-state index is -1.55. The van der Waals surface area contributed by atoms with Crippen molar-refractivity contribution in [1.82, 2.24) is 0 Å². The van der Waals surface area contributed by atoms with E-state index in [1.807, 2.05) is 0 Å². The van der Waals surface area contributed by atoms with Crippen LogP contribution in [0, 0.1) is 17.8 Å². The van der Waals surface area contributed by atoms with Gasteiger partial charge in [-0.3, -0.25) is 0 Å². The predicted octanol–water partition coefficient (Wildman–Crippen LogP) is 1.83. The number of carbonyl (C=O) groups excluding carboxylic acids is 1. The van der Waals surface area contributed by atoms with Gasteiger partial charge in [-0.2, -0.15) is 0 Å². The molecule has 0 aromatic carbocycles. The highest BCUT2D eigenvalue weighted by Crippen LogP contribution is 2.57. The Balaban J connectivity index is 1.78. The first kappa shape index (κ1) is 11.5. The van der Waals surface area contributed by atoms with E-state index in [2.05, 4.69) is 0 Å². The Morgan fingerprint density at radius 1 is 1.35 bits per heavy atom. The lowest BCUT2D eigenvalue weighted by Gasteiger charge is -2.57. The summed E-state index contributed by atoms with van der Waals surface area (Å²) in [4.78, 5) is 11.4. The molecule has 4 fully saturated rings. The van der Waals surface area contributed by atoms with E-state index in [9.17, 15) is 14.3 Å². The van der Waals surface area contributed by atoms with Crippen molar-refractivity contribution in [2.24, 2.45) is 17.8 Å². The van der Waals surface area contributed by atoms with Crippen LogP contribution in [0.1, 0.15) is 39.0 Å². The number of carbonyl (C=O) groups is 1. The molecule has 3 nitrogen and oxygen atoms in total. The van der Waals surface area contributed by atoms with E-state index in [0.29, 0.717) is 5.92 Å². The van der Waals surface area contributed by atoms with Crippen molar-refractivity contribution in [3.63, 3.8) is 0 Å². The van der Waals surface area contributed by atoms with Gasteiger partial charge < -0.3 is 9.84 Å². The standard InChI is InChI=1S/C13H19FO3/c1-7(14)12(16)17-13-4-8-2-9(5-13)11(15)10(3-8)6-13/h7-11,15H,2-6H2,1H3. The molecular formula is C13H19FO3. The van der Waals surface area contributed by atoms with Crippen LogP contribution in [0.25, 0.3) is 0 Å². The number of esters is 1. The minimum absolute atomic E-state index is 0.235. The Morgan fingerprint density at radius 3 is 2.47 bits per heavy atom. The van der Waals surface area contributed by atoms with Gasteiger partial charge in [0.05, 0.1) is 6.10 Å². The number of aliphatic hydroxyl groups excluding tert-OH is 1. The van der Waals surface area contributed by atoms with Crippen LogP contribution in [0.3, 0.4) is 0 Å². The number of aliphatic hydroxyl groups is 1. The molecule has 3 unspecified atom stereocenters. The van der Waals surface area contributed by atoms with Crippen molar-refractivity contribution in [2.75, 3.05) is 0 Å². The van der Waals surface area contributed by atoms with E-state index in [1.54, 1.807) is 0 Å². The molecule has 0 heterocycles. The summed E-state index contributed by atoms with van der Waals surface area (Å²) in [5.74, 6) is 0.327. The van der Waals surface area contributed by atoms with Crippen molar-refractivity contribution in [3.8, 4) is 0 Å². The number of alkyl halides is 1. The fraction of sp³-hybridized carbons (Fsp3) is 0.923. The van der Waals surface area contributed by atoms with Crippen LogP contribution >= 0.6 is 0 Å². The third-order valence-electron chi connectivity index (χ3n) is 4.81. The highest BCUT2D eigenvalue weighted by molar-refractivity contribution is 5.74. The molecule has 0 spiro atoms. The van der Waals surface area contributed by atoms with Crippen LogP contribution in [0.2, 0.25) is 0 Å². The lowest BCUT2D eigenvalue weighted by Crippen LogP contribution is -2.58. The van der Waals surface area contributed by atoms with Gasteiger partial charge >= 0.3 is 5.97 Å². The Morgan fingerprint density at radius 2 is 1.94 bits per heavy atom. The molecule has 96 valence electrons. The van der Waals surface area contributed by atoms with Gasteiger partial charge in [0, 0.05) is 0 Å². The van der Waals surface area contributed by atoms with Crippen molar-refractivity contribution >= 4 is 5.97 Å². The summed E-state index contributed by atoms with van der Waals surface area (Å²) in [5, 5.41) is 10.1. The van der Waals surface area contributed by atoms with E-state index in [1.165, 1.54) is 6.92 Å². The van der Waals surface area contributed by atoms with E-state index >= 15 is 0 Å². The monoisotopic (exact) mass is 242 g/mol. The van der Waals surface area contributed by atoms with Crippen molar-refractivity contribution in [1.29, 1.82) is 0 Å². The molecule has 4 aliphatic carbocycles. The van der Waals surface area contributed by atoms with Crippen molar-refractivity contribution < 1.29 is 19.0 Å². The largest absolute Gasteiger partial charge is 0.457 e. The molecule has 4 saturated carbocycles. The number of rotatable bonds is 2. The van der Waals surface area contributed by atoms with Crippen LogP contribution in [-0.4, -0.2) is 29.0 Å². The topological polar surface area (TPSA) is 46.5 Å². The zero-order valence-corrected chi connectivity index (χ0v) is 10.1. The van der Waals surface area contributed by atoms with Gasteiger partial charge in [-0.1, -0.05) is 0 Å². The lowest BCUT2D eigenvalue weighted by molar-refractivity contribution is -0.209. The van der Waals surface area contributed by atoms with Gasteiger partial charge in [-0.25, -0.2) is 9.18 Å². The summed E-state index contributed by atoms with van der Waals surface area (Å²) in [6, 6.07) is 0. The van der Waals surface area contributed by atoms with Crippen LogP contribution in [-0.2, 0) is 9.53 Å². The molecular weight excluding hydrogens is 223 g/mol. The fourth-order valence-corrected chi connectivity index (χ4v) is 4.34. The number of hydrogen-bond donors (Lipinski definition) is 1. The average Bonchev–Trinajstić information content (AvgIpc) is 2.23. The van der Waals surface area contributed by atoms with Gasteiger partial charge in [0.15, 0.2) is 6.17 Å². The molecule has 0 aliphatic heterocycles. The molecule has 4 heteroatoms. The molecule has 4 rings (SSSR count). The number of hydrogen-bond acceptors (Lipinski definition) is 3. The highest BCUT2D eigenvalue weighted by Gasteiger charge is 2.57. The zero-order valence-electron chi connectivity index (χ0n) is 10.1. The fourth-order valence-electron chi connectivity index (χ4n) is 4.34. The first-order valence-corrected chi connectivity index (χ1v) is 6.54. The van der Waals surface area contributed by atoms with Crippen LogP contribution in [0.5, 0.6) is 0 Å². The first-order chi connectivity index (χ1) is 7.99. The Labute approximate surface area is 100 Å². The smallest absolute Gasteiger partial charge is 0.340 e. The maximum atomic E-state index is 12.9. The summed E-state index contributed by atoms with van der Waals surface area (Å²) < 4.78 is 18.4. The Hall–Kier alpha value is -0.640. The third-order valence-corrected chi connectivity index (χ3v) is 4.81. The Bertz CT molecular complexity index is 326. The van der Waals surface area contributed by atoms with E-state index in [4.69, 9.17) is 4.74 Å². The van der Waals surface area contributed by atoms with Crippen LogP contribution in [0.15, 0.2) is 0 Å². The van der Waals surface area contributed by atoms with Gasteiger partial charge in [-0.15, -0.1) is 0 Å². The molecule has 0 amide bonds. The molecule has 0 saturated heterocycles. The van der Waals surface area contributed by atoms with Gasteiger partial charge in [0.2, 0.25) is 0 Å². The van der Waals surface area contributed by atoms with Gasteiger partial charge in [-0.05, 0) is 56.8 Å². The summed E-state index contributed by atoms with van der Waals surface area (Å²) in [6.07, 6.45) is 2.61. The van der Waals surface area contributed by atoms with Crippen LogP contribution in [0.4, 0.5) is 4.39 Å². The maximum absolute atomic E-state index is 12.9.